The Bertz CT molecular complexity index is 854. The van der Waals surface area contributed by atoms with Gasteiger partial charge in [-0.3, -0.25) is 9.89 Å². The molecular weight excluding hydrogens is 316 g/mol. The molecule has 1 saturated heterocycles. The van der Waals surface area contributed by atoms with E-state index in [0.29, 0.717) is 17.1 Å². The molecule has 0 aliphatic carbocycles. The van der Waals surface area contributed by atoms with E-state index >= 15 is 0 Å². The summed E-state index contributed by atoms with van der Waals surface area (Å²) in [5, 5.41) is 9.55. The molecule has 7 nitrogen and oxygen atoms in total. The minimum atomic E-state index is -0.185. The molecule has 2 N–H and O–H groups in total. The molecule has 1 aliphatic heterocycles. The van der Waals surface area contributed by atoms with Crippen molar-refractivity contribution in [3.8, 4) is 11.4 Å². The average molecular weight is 334 g/mol. The lowest BCUT2D eigenvalue weighted by atomic mass is 10.2. The Morgan fingerprint density at radius 2 is 2.00 bits per heavy atom. The van der Waals surface area contributed by atoms with Crippen molar-refractivity contribution in [2.24, 2.45) is 0 Å². The third-order valence-corrected chi connectivity index (χ3v) is 4.25. The smallest absolute Gasteiger partial charge is 0.257 e. The monoisotopic (exact) mass is 334 g/mol. The zero-order chi connectivity index (χ0) is 17.1. The van der Waals surface area contributed by atoms with Crippen LogP contribution in [0.5, 0.6) is 0 Å². The highest BCUT2D eigenvalue weighted by Gasteiger charge is 2.14. The van der Waals surface area contributed by atoms with Gasteiger partial charge in [-0.05, 0) is 37.1 Å². The number of nitrogens with zero attached hydrogens (tertiary/aromatic N) is 4. The first-order chi connectivity index (χ1) is 12.3. The fourth-order valence-electron chi connectivity index (χ4n) is 2.95. The Morgan fingerprint density at radius 1 is 1.12 bits per heavy atom. The normalized spacial score (nSPS) is 13.8. The van der Waals surface area contributed by atoms with Crippen LogP contribution in [0.1, 0.15) is 23.2 Å². The summed E-state index contributed by atoms with van der Waals surface area (Å²) in [4.78, 5) is 23.2. The van der Waals surface area contributed by atoms with Gasteiger partial charge in [0.25, 0.3) is 5.91 Å². The fraction of sp³-hybridized carbons (Fsp3) is 0.222. The van der Waals surface area contributed by atoms with E-state index in [2.05, 4.69) is 30.4 Å². The van der Waals surface area contributed by atoms with Crippen LogP contribution in [-0.2, 0) is 0 Å². The standard InChI is InChI=1S/C18H18N6O/c25-18(14-6-7-16(19-11-14)24-8-1-2-9-24)22-15-5-3-4-13(10-15)17-20-12-21-23-17/h3-7,10-12H,1-2,8-9H2,(H,22,25)(H,20,21,23). The molecule has 7 heteroatoms. The van der Waals surface area contributed by atoms with Gasteiger partial charge < -0.3 is 10.2 Å². The highest BCUT2D eigenvalue weighted by molar-refractivity contribution is 6.04. The number of hydrogen-bond acceptors (Lipinski definition) is 5. The van der Waals surface area contributed by atoms with Crippen molar-refractivity contribution >= 4 is 17.4 Å². The van der Waals surface area contributed by atoms with Gasteiger partial charge in [0.05, 0.1) is 5.56 Å². The van der Waals surface area contributed by atoms with E-state index in [1.165, 1.54) is 19.2 Å². The number of aromatic nitrogens is 4. The highest BCUT2D eigenvalue weighted by Crippen LogP contribution is 2.20. The van der Waals surface area contributed by atoms with Crippen molar-refractivity contribution in [2.75, 3.05) is 23.3 Å². The summed E-state index contributed by atoms with van der Waals surface area (Å²) >= 11 is 0. The molecule has 0 bridgehead atoms. The van der Waals surface area contributed by atoms with Gasteiger partial charge in [-0.15, -0.1) is 0 Å². The van der Waals surface area contributed by atoms with E-state index in [4.69, 9.17) is 0 Å². The van der Waals surface area contributed by atoms with Crippen molar-refractivity contribution < 1.29 is 4.79 Å². The Morgan fingerprint density at radius 3 is 2.72 bits per heavy atom. The van der Waals surface area contributed by atoms with Crippen LogP contribution < -0.4 is 10.2 Å². The quantitative estimate of drug-likeness (QED) is 0.766. The van der Waals surface area contributed by atoms with Crippen molar-refractivity contribution in [1.82, 2.24) is 20.2 Å². The maximum absolute atomic E-state index is 12.4. The Balaban J connectivity index is 1.47. The number of aromatic amines is 1. The van der Waals surface area contributed by atoms with Gasteiger partial charge in [0.15, 0.2) is 5.82 Å². The molecule has 0 saturated carbocycles. The molecule has 0 unspecified atom stereocenters. The number of amides is 1. The van der Waals surface area contributed by atoms with Crippen molar-refractivity contribution in [3.05, 3.63) is 54.5 Å². The maximum Gasteiger partial charge on any atom is 0.257 e. The summed E-state index contributed by atoms with van der Waals surface area (Å²) in [7, 11) is 0. The van der Waals surface area contributed by atoms with Crippen molar-refractivity contribution in [1.29, 1.82) is 0 Å². The predicted octanol–water partition coefficient (Wildman–Crippen LogP) is 2.72. The number of carbonyl (C=O) groups is 1. The van der Waals surface area contributed by atoms with Crippen LogP contribution >= 0.6 is 0 Å². The molecule has 0 spiro atoms. The third kappa shape index (κ3) is 3.35. The zero-order valence-corrected chi connectivity index (χ0v) is 13.6. The van der Waals surface area contributed by atoms with E-state index < -0.39 is 0 Å². The summed E-state index contributed by atoms with van der Waals surface area (Å²) < 4.78 is 0. The van der Waals surface area contributed by atoms with Crippen LogP contribution in [0, 0.1) is 0 Å². The fourth-order valence-corrected chi connectivity index (χ4v) is 2.95. The van der Waals surface area contributed by atoms with Gasteiger partial charge >= 0.3 is 0 Å². The lowest BCUT2D eigenvalue weighted by Crippen LogP contribution is -2.19. The largest absolute Gasteiger partial charge is 0.357 e. The van der Waals surface area contributed by atoms with Gasteiger partial charge in [-0.2, -0.15) is 5.10 Å². The summed E-state index contributed by atoms with van der Waals surface area (Å²) in [5.74, 6) is 1.41. The molecule has 0 radical (unpaired) electrons. The van der Waals surface area contributed by atoms with Crippen molar-refractivity contribution in [2.45, 2.75) is 12.8 Å². The van der Waals surface area contributed by atoms with Crippen LogP contribution in [0.3, 0.4) is 0 Å². The molecule has 1 aromatic carbocycles. The second-order valence-corrected chi connectivity index (χ2v) is 5.97. The average Bonchev–Trinajstić information content (AvgIpc) is 3.36. The number of benzene rings is 1. The number of hydrogen-bond donors (Lipinski definition) is 2. The molecule has 3 heterocycles. The van der Waals surface area contributed by atoms with Gasteiger partial charge in [0.1, 0.15) is 12.1 Å². The zero-order valence-electron chi connectivity index (χ0n) is 13.6. The van der Waals surface area contributed by atoms with Gasteiger partial charge in [0.2, 0.25) is 0 Å². The predicted molar refractivity (Wildman–Crippen MR) is 95.5 cm³/mol. The van der Waals surface area contributed by atoms with E-state index in [9.17, 15) is 4.79 Å². The molecule has 1 amide bonds. The summed E-state index contributed by atoms with van der Waals surface area (Å²) in [6.45, 7) is 2.07. The second-order valence-electron chi connectivity index (χ2n) is 5.97. The molecular formula is C18H18N6O. The molecule has 4 rings (SSSR count). The highest BCUT2D eigenvalue weighted by atomic mass is 16.1. The molecule has 1 aliphatic rings. The first-order valence-electron chi connectivity index (χ1n) is 8.28. The minimum Gasteiger partial charge on any atom is -0.357 e. The van der Waals surface area contributed by atoms with Gasteiger partial charge in [-0.1, -0.05) is 12.1 Å². The van der Waals surface area contributed by atoms with E-state index in [1.807, 2.05) is 36.4 Å². The molecule has 2 aromatic heterocycles. The van der Waals surface area contributed by atoms with E-state index in [-0.39, 0.29) is 5.91 Å². The number of pyridine rings is 1. The van der Waals surface area contributed by atoms with E-state index in [0.717, 1.165) is 24.5 Å². The van der Waals surface area contributed by atoms with Crippen LogP contribution in [0.15, 0.2) is 48.9 Å². The van der Waals surface area contributed by atoms with Crippen LogP contribution in [-0.4, -0.2) is 39.2 Å². The SMILES string of the molecule is O=C(Nc1cccc(-c2ncn[nH]2)c1)c1ccc(N2CCCC2)nc1. The van der Waals surface area contributed by atoms with Crippen LogP contribution in [0.4, 0.5) is 11.5 Å². The summed E-state index contributed by atoms with van der Waals surface area (Å²) in [5.41, 5.74) is 2.09. The second kappa shape index (κ2) is 6.72. The Kier molecular flexibility index (Phi) is 4.12. The number of rotatable bonds is 4. The Labute approximate surface area is 145 Å². The van der Waals surface area contributed by atoms with Gasteiger partial charge in [-0.25, -0.2) is 9.97 Å². The Hall–Kier alpha value is -3.22. The topological polar surface area (TPSA) is 86.8 Å². The van der Waals surface area contributed by atoms with Gasteiger partial charge in [0, 0.05) is 30.5 Å². The lowest BCUT2D eigenvalue weighted by molar-refractivity contribution is 0.102. The summed E-state index contributed by atoms with van der Waals surface area (Å²) in [6.07, 6.45) is 5.48. The first-order valence-corrected chi connectivity index (χ1v) is 8.28. The number of anilines is 2. The summed E-state index contributed by atoms with van der Waals surface area (Å²) in [6, 6.07) is 11.2. The van der Waals surface area contributed by atoms with Crippen molar-refractivity contribution in [3.63, 3.8) is 0 Å². The minimum absolute atomic E-state index is 0.185. The molecule has 25 heavy (non-hydrogen) atoms. The molecule has 1 fully saturated rings. The lowest BCUT2D eigenvalue weighted by Gasteiger charge is -2.16. The molecule has 3 aromatic rings. The molecule has 0 atom stereocenters. The number of nitrogens with one attached hydrogen (secondary N) is 2. The van der Waals surface area contributed by atoms with Crippen LogP contribution in [0.25, 0.3) is 11.4 Å². The van der Waals surface area contributed by atoms with Crippen LogP contribution in [0.2, 0.25) is 0 Å². The van der Waals surface area contributed by atoms with E-state index in [1.54, 1.807) is 6.20 Å². The number of carbonyl (C=O) groups excluding carboxylic acids is 1. The number of H-pyrrole nitrogens is 1. The molecule has 126 valence electrons. The maximum atomic E-state index is 12.4. The first kappa shape index (κ1) is 15.3. The third-order valence-electron chi connectivity index (χ3n) is 4.25.